The van der Waals surface area contributed by atoms with Crippen LogP contribution in [0.1, 0.15) is 35.8 Å². The molecule has 0 fully saturated rings. The predicted molar refractivity (Wildman–Crippen MR) is 117 cm³/mol. The summed E-state index contributed by atoms with van der Waals surface area (Å²) in [7, 11) is 3.95. The smallest absolute Gasteiger partial charge is 0.292 e. The molecular weight excluding hydrogens is 366 g/mol. The van der Waals surface area contributed by atoms with Crippen molar-refractivity contribution in [2.24, 2.45) is 5.10 Å². The largest absolute Gasteiger partial charge is 0.378 e. The first-order valence-corrected chi connectivity index (χ1v) is 9.62. The molecule has 7 heteroatoms. The lowest BCUT2D eigenvalue weighted by Crippen LogP contribution is -2.29. The molecule has 0 atom stereocenters. The van der Waals surface area contributed by atoms with Crippen LogP contribution in [0.5, 0.6) is 0 Å². The monoisotopic (exact) mass is 391 g/mol. The lowest BCUT2D eigenvalue weighted by atomic mass is 10.1. The number of rotatable bonds is 7. The maximum Gasteiger partial charge on any atom is 0.292 e. The molecule has 0 aliphatic rings. The summed E-state index contributed by atoms with van der Waals surface area (Å²) in [4.78, 5) is 27.3. The Morgan fingerprint density at radius 3 is 2.48 bits per heavy atom. The summed E-state index contributed by atoms with van der Waals surface area (Å²) in [5, 5.41) is 9.36. The van der Waals surface area contributed by atoms with Crippen LogP contribution in [0.25, 0.3) is 10.8 Å². The second-order valence-corrected chi connectivity index (χ2v) is 6.96. The van der Waals surface area contributed by atoms with Crippen LogP contribution in [0.2, 0.25) is 0 Å². The van der Waals surface area contributed by atoms with E-state index < -0.39 is 5.91 Å². The lowest BCUT2D eigenvalue weighted by Gasteiger charge is -2.11. The molecule has 0 unspecified atom stereocenters. The summed E-state index contributed by atoms with van der Waals surface area (Å²) in [5.74, 6) is -0.451. The van der Waals surface area contributed by atoms with Gasteiger partial charge in [0.2, 0.25) is 0 Å². The van der Waals surface area contributed by atoms with Crippen LogP contribution in [-0.4, -0.2) is 36.0 Å². The van der Waals surface area contributed by atoms with Gasteiger partial charge in [-0.1, -0.05) is 43.7 Å². The number of nitrogens with one attached hydrogen (secondary N) is 1. The molecule has 0 radical (unpaired) electrons. The summed E-state index contributed by atoms with van der Waals surface area (Å²) >= 11 is 0. The number of aromatic nitrogens is 2. The van der Waals surface area contributed by atoms with Crippen molar-refractivity contribution in [2.75, 3.05) is 19.0 Å². The SMILES string of the molecule is CCCCn1nc(C(=O)N/N=C/c2ccc(N(C)C)cc2)c2ccccc2c1=O. The maximum atomic E-state index is 12.7. The summed E-state index contributed by atoms with van der Waals surface area (Å²) in [6.07, 6.45) is 3.32. The van der Waals surface area contributed by atoms with Gasteiger partial charge in [-0.3, -0.25) is 9.59 Å². The third-order valence-corrected chi connectivity index (χ3v) is 4.60. The average molecular weight is 391 g/mol. The molecule has 3 aromatic rings. The van der Waals surface area contributed by atoms with Crippen molar-refractivity contribution >= 4 is 28.6 Å². The van der Waals surface area contributed by atoms with E-state index in [1.807, 2.05) is 50.2 Å². The third-order valence-electron chi connectivity index (χ3n) is 4.60. The fourth-order valence-corrected chi connectivity index (χ4v) is 2.94. The number of carbonyl (C=O) groups excluding carboxylic acids is 1. The summed E-state index contributed by atoms with van der Waals surface area (Å²) in [5.41, 5.74) is 4.47. The molecule has 3 rings (SSSR count). The molecule has 0 saturated heterocycles. The van der Waals surface area contributed by atoms with Gasteiger partial charge in [-0.25, -0.2) is 10.1 Å². The first kappa shape index (κ1) is 20.3. The van der Waals surface area contributed by atoms with Crippen molar-refractivity contribution in [1.82, 2.24) is 15.2 Å². The van der Waals surface area contributed by atoms with E-state index in [4.69, 9.17) is 0 Å². The number of hydrogen-bond acceptors (Lipinski definition) is 5. The molecule has 150 valence electrons. The van der Waals surface area contributed by atoms with E-state index in [0.29, 0.717) is 17.3 Å². The highest BCUT2D eigenvalue weighted by Crippen LogP contribution is 2.14. The summed E-state index contributed by atoms with van der Waals surface area (Å²) < 4.78 is 1.37. The van der Waals surface area contributed by atoms with Crippen LogP contribution in [0.3, 0.4) is 0 Å². The summed E-state index contributed by atoms with van der Waals surface area (Å²) in [6, 6.07) is 14.8. The number of aryl methyl sites for hydroxylation is 1. The van der Waals surface area contributed by atoms with Crippen molar-refractivity contribution < 1.29 is 4.79 Å². The van der Waals surface area contributed by atoms with Crippen molar-refractivity contribution in [1.29, 1.82) is 0 Å². The highest BCUT2D eigenvalue weighted by Gasteiger charge is 2.16. The van der Waals surface area contributed by atoms with Crippen molar-refractivity contribution in [2.45, 2.75) is 26.3 Å². The Morgan fingerprint density at radius 1 is 1.14 bits per heavy atom. The maximum absolute atomic E-state index is 12.7. The Hall–Kier alpha value is -3.48. The number of nitrogens with zero attached hydrogens (tertiary/aromatic N) is 4. The van der Waals surface area contributed by atoms with Gasteiger partial charge in [0.05, 0.1) is 11.6 Å². The Bertz CT molecular complexity index is 1080. The second-order valence-electron chi connectivity index (χ2n) is 6.96. The number of amides is 1. The average Bonchev–Trinajstić information content (AvgIpc) is 2.73. The summed E-state index contributed by atoms with van der Waals surface area (Å²) in [6.45, 7) is 2.52. The molecule has 0 bridgehead atoms. The van der Waals surface area contributed by atoms with Crippen LogP contribution in [-0.2, 0) is 6.54 Å². The third kappa shape index (κ3) is 4.68. The van der Waals surface area contributed by atoms with Crippen molar-refractivity contribution in [3.63, 3.8) is 0 Å². The Kier molecular flexibility index (Phi) is 6.39. The number of unbranched alkanes of at least 4 members (excludes halogenated alkanes) is 1. The van der Waals surface area contributed by atoms with E-state index in [2.05, 4.69) is 15.6 Å². The quantitative estimate of drug-likeness (QED) is 0.496. The van der Waals surface area contributed by atoms with E-state index in [1.165, 1.54) is 4.68 Å². The number of hydrazone groups is 1. The molecule has 1 N–H and O–H groups in total. The fourth-order valence-electron chi connectivity index (χ4n) is 2.94. The topological polar surface area (TPSA) is 79.6 Å². The van der Waals surface area contributed by atoms with Crippen molar-refractivity contribution in [3.05, 3.63) is 70.1 Å². The second kappa shape index (κ2) is 9.14. The van der Waals surface area contributed by atoms with E-state index in [-0.39, 0.29) is 11.3 Å². The van der Waals surface area contributed by atoms with Gasteiger partial charge in [0.15, 0.2) is 5.69 Å². The zero-order valence-corrected chi connectivity index (χ0v) is 16.9. The standard InChI is InChI=1S/C22H25N5O2/c1-4-5-14-27-22(29)19-9-7-6-8-18(19)20(25-27)21(28)24-23-15-16-10-12-17(13-11-16)26(2)3/h6-13,15H,4-5,14H2,1-3H3,(H,24,28)/b23-15+. The van der Waals surface area contributed by atoms with Gasteiger partial charge < -0.3 is 4.90 Å². The molecule has 1 aromatic heterocycles. The zero-order valence-electron chi connectivity index (χ0n) is 16.9. The van der Waals surface area contributed by atoms with Crippen LogP contribution < -0.4 is 15.9 Å². The molecule has 1 heterocycles. The number of fused-ring (bicyclic) bond motifs is 1. The molecule has 0 saturated carbocycles. The molecule has 0 aliphatic carbocycles. The van der Waals surface area contributed by atoms with Gasteiger partial charge in [0.25, 0.3) is 11.5 Å². The molecular formula is C22H25N5O2. The van der Waals surface area contributed by atoms with E-state index >= 15 is 0 Å². The highest BCUT2D eigenvalue weighted by atomic mass is 16.2. The van der Waals surface area contributed by atoms with Gasteiger partial charge in [0.1, 0.15) is 0 Å². The van der Waals surface area contributed by atoms with Crippen LogP contribution in [0.4, 0.5) is 5.69 Å². The minimum Gasteiger partial charge on any atom is -0.378 e. The number of hydrogen-bond donors (Lipinski definition) is 1. The van der Waals surface area contributed by atoms with Gasteiger partial charge in [-0.05, 0) is 30.2 Å². The predicted octanol–water partition coefficient (Wildman–Crippen LogP) is 3.03. The molecule has 7 nitrogen and oxygen atoms in total. The molecule has 0 aliphatic heterocycles. The van der Waals surface area contributed by atoms with Crippen LogP contribution >= 0.6 is 0 Å². The minimum atomic E-state index is -0.451. The van der Waals surface area contributed by atoms with Gasteiger partial charge in [-0.2, -0.15) is 10.2 Å². The highest BCUT2D eigenvalue weighted by molar-refractivity contribution is 6.04. The number of benzene rings is 2. The van der Waals surface area contributed by atoms with Gasteiger partial charge in [0, 0.05) is 31.7 Å². The van der Waals surface area contributed by atoms with Crippen LogP contribution in [0.15, 0.2) is 58.4 Å². The fraction of sp³-hybridized carbons (Fsp3) is 0.273. The number of carbonyl (C=O) groups is 1. The minimum absolute atomic E-state index is 0.185. The Labute approximate surface area is 169 Å². The van der Waals surface area contributed by atoms with E-state index in [1.54, 1.807) is 30.5 Å². The first-order valence-electron chi connectivity index (χ1n) is 9.62. The lowest BCUT2D eigenvalue weighted by molar-refractivity contribution is 0.0949. The zero-order chi connectivity index (χ0) is 20.8. The van der Waals surface area contributed by atoms with E-state index in [9.17, 15) is 9.59 Å². The van der Waals surface area contributed by atoms with Crippen LogP contribution in [0, 0.1) is 0 Å². The van der Waals surface area contributed by atoms with Crippen molar-refractivity contribution in [3.8, 4) is 0 Å². The van der Waals surface area contributed by atoms with Gasteiger partial charge in [-0.15, -0.1) is 0 Å². The van der Waals surface area contributed by atoms with Gasteiger partial charge >= 0.3 is 0 Å². The Morgan fingerprint density at radius 2 is 1.83 bits per heavy atom. The molecule has 1 amide bonds. The Balaban J connectivity index is 1.84. The molecule has 29 heavy (non-hydrogen) atoms. The number of anilines is 1. The normalized spacial score (nSPS) is 11.1. The first-order chi connectivity index (χ1) is 14.0. The molecule has 0 spiro atoms. The molecule has 2 aromatic carbocycles. The van der Waals surface area contributed by atoms with E-state index in [0.717, 1.165) is 24.1 Å².